The van der Waals surface area contributed by atoms with Crippen molar-refractivity contribution < 1.29 is 9.90 Å². The average Bonchev–Trinajstić information content (AvgIpc) is 3.39. The molecule has 0 heterocycles. The first-order valence-corrected chi connectivity index (χ1v) is 9.22. The number of benzene rings is 1. The number of hydrogen-bond acceptors (Lipinski definition) is 2. The van der Waals surface area contributed by atoms with Gasteiger partial charge in [0.15, 0.2) is 0 Å². The van der Waals surface area contributed by atoms with E-state index >= 15 is 0 Å². The topological polar surface area (TPSA) is 49.3 Å². The summed E-state index contributed by atoms with van der Waals surface area (Å²) in [5.74, 6) is 1.22. The van der Waals surface area contributed by atoms with Gasteiger partial charge in [0, 0.05) is 18.5 Å². The van der Waals surface area contributed by atoms with Gasteiger partial charge < -0.3 is 10.4 Å². The molecule has 23 heavy (non-hydrogen) atoms. The molecule has 0 saturated heterocycles. The first-order chi connectivity index (χ1) is 11.2. The fourth-order valence-electron chi connectivity index (χ4n) is 4.15. The van der Waals surface area contributed by atoms with E-state index in [9.17, 15) is 4.79 Å². The molecule has 3 atom stereocenters. The maximum absolute atomic E-state index is 11.0. The van der Waals surface area contributed by atoms with E-state index in [1.54, 1.807) is 0 Å². The monoisotopic (exact) mass is 315 g/mol. The molecule has 0 radical (unpaired) electrons. The predicted molar refractivity (Wildman–Crippen MR) is 92.4 cm³/mol. The number of aliphatic carboxylic acids is 1. The highest BCUT2D eigenvalue weighted by atomic mass is 16.4. The molecule has 3 nitrogen and oxygen atoms in total. The maximum atomic E-state index is 11.0. The summed E-state index contributed by atoms with van der Waals surface area (Å²) in [6, 6.07) is 11.3. The van der Waals surface area contributed by atoms with Crippen LogP contribution in [0.3, 0.4) is 0 Å². The van der Waals surface area contributed by atoms with Gasteiger partial charge in [-0.1, -0.05) is 43.2 Å². The highest BCUT2D eigenvalue weighted by Crippen LogP contribution is 2.44. The van der Waals surface area contributed by atoms with Crippen molar-refractivity contribution in [1.29, 1.82) is 0 Å². The Kier molecular flexibility index (Phi) is 5.71. The molecule has 3 heteroatoms. The number of carboxylic acid groups (broad SMARTS) is 1. The Morgan fingerprint density at radius 1 is 1.13 bits per heavy atom. The van der Waals surface area contributed by atoms with Gasteiger partial charge in [0.2, 0.25) is 0 Å². The predicted octanol–water partition coefficient (Wildman–Crippen LogP) is 4.02. The lowest BCUT2D eigenvalue weighted by Crippen LogP contribution is -2.42. The molecule has 2 aliphatic rings. The van der Waals surface area contributed by atoms with Crippen molar-refractivity contribution in [2.24, 2.45) is 11.8 Å². The molecule has 1 aromatic rings. The van der Waals surface area contributed by atoms with Gasteiger partial charge in [-0.3, -0.25) is 4.79 Å². The highest BCUT2D eigenvalue weighted by Gasteiger charge is 2.35. The molecule has 1 aromatic carbocycles. The lowest BCUT2D eigenvalue weighted by molar-refractivity contribution is -0.137. The maximum Gasteiger partial charge on any atom is 0.303 e. The van der Waals surface area contributed by atoms with Crippen LogP contribution in [0.4, 0.5) is 0 Å². The minimum atomic E-state index is -0.690. The normalized spacial score (nSPS) is 25.9. The quantitative estimate of drug-likeness (QED) is 0.762. The first-order valence-electron chi connectivity index (χ1n) is 9.22. The molecule has 0 bridgehead atoms. The van der Waals surface area contributed by atoms with E-state index in [1.165, 1.54) is 44.1 Å². The van der Waals surface area contributed by atoms with Crippen LogP contribution in [0.5, 0.6) is 0 Å². The molecule has 3 rings (SSSR count). The molecule has 0 aliphatic heterocycles. The zero-order chi connectivity index (χ0) is 16.1. The highest BCUT2D eigenvalue weighted by molar-refractivity contribution is 5.66. The van der Waals surface area contributed by atoms with Crippen LogP contribution in [0.1, 0.15) is 56.9 Å². The summed E-state index contributed by atoms with van der Waals surface area (Å²) >= 11 is 0. The van der Waals surface area contributed by atoms with Crippen molar-refractivity contribution >= 4 is 5.97 Å². The molecule has 0 amide bonds. The summed E-state index contributed by atoms with van der Waals surface area (Å²) in [5, 5.41) is 12.8. The zero-order valence-electron chi connectivity index (χ0n) is 13.9. The minimum absolute atomic E-state index is 0.253. The Bertz CT molecular complexity index is 498. The van der Waals surface area contributed by atoms with Crippen LogP contribution in [0.25, 0.3) is 0 Å². The van der Waals surface area contributed by atoms with Gasteiger partial charge in [0.05, 0.1) is 0 Å². The van der Waals surface area contributed by atoms with Gasteiger partial charge in [-0.25, -0.2) is 0 Å². The fraction of sp³-hybridized carbons (Fsp3) is 0.650. The fourth-order valence-corrected chi connectivity index (χ4v) is 4.15. The lowest BCUT2D eigenvalue weighted by Gasteiger charge is -2.33. The van der Waals surface area contributed by atoms with Crippen molar-refractivity contribution in [2.75, 3.05) is 0 Å². The number of rotatable bonds is 8. The second-order valence-electron chi connectivity index (χ2n) is 7.45. The number of carbonyl (C=O) groups is 1. The molecule has 0 aromatic heterocycles. The van der Waals surface area contributed by atoms with Crippen LogP contribution < -0.4 is 5.32 Å². The van der Waals surface area contributed by atoms with Crippen LogP contribution in [0.15, 0.2) is 30.3 Å². The van der Waals surface area contributed by atoms with E-state index in [1.807, 2.05) is 6.07 Å². The van der Waals surface area contributed by atoms with E-state index < -0.39 is 5.97 Å². The molecule has 2 N–H and O–H groups in total. The van der Waals surface area contributed by atoms with Crippen molar-refractivity contribution in [3.05, 3.63) is 35.9 Å². The largest absolute Gasteiger partial charge is 0.481 e. The molecular weight excluding hydrogens is 286 g/mol. The average molecular weight is 315 g/mol. The zero-order valence-corrected chi connectivity index (χ0v) is 13.9. The van der Waals surface area contributed by atoms with Crippen molar-refractivity contribution in [3.63, 3.8) is 0 Å². The summed E-state index contributed by atoms with van der Waals surface area (Å²) in [7, 11) is 0. The second-order valence-corrected chi connectivity index (χ2v) is 7.45. The van der Waals surface area contributed by atoms with Crippen LogP contribution in [-0.4, -0.2) is 23.2 Å². The van der Waals surface area contributed by atoms with Crippen LogP contribution in [0, 0.1) is 11.8 Å². The van der Waals surface area contributed by atoms with Gasteiger partial charge >= 0.3 is 5.97 Å². The van der Waals surface area contributed by atoms with E-state index in [-0.39, 0.29) is 12.5 Å². The minimum Gasteiger partial charge on any atom is -0.481 e. The molecule has 2 saturated carbocycles. The van der Waals surface area contributed by atoms with Gasteiger partial charge in [-0.15, -0.1) is 0 Å². The van der Waals surface area contributed by atoms with Gasteiger partial charge in [0.1, 0.15) is 0 Å². The number of carboxylic acids is 1. The second kappa shape index (κ2) is 7.96. The van der Waals surface area contributed by atoms with Crippen molar-refractivity contribution in [1.82, 2.24) is 5.32 Å². The molecule has 2 fully saturated rings. The Labute approximate surface area is 139 Å². The van der Waals surface area contributed by atoms with Gasteiger partial charge in [0.25, 0.3) is 0 Å². The molecule has 126 valence electrons. The Morgan fingerprint density at radius 3 is 2.61 bits per heavy atom. The Balaban J connectivity index is 1.56. The van der Waals surface area contributed by atoms with E-state index in [0.717, 1.165) is 24.7 Å². The van der Waals surface area contributed by atoms with E-state index in [2.05, 4.69) is 29.6 Å². The number of hydrogen-bond donors (Lipinski definition) is 2. The van der Waals surface area contributed by atoms with Crippen LogP contribution in [-0.2, 0) is 11.2 Å². The standard InChI is InChI=1S/C20H29NO2/c22-20(23)12-11-19(13-15-5-2-1-3-6-15)21-18-8-4-7-17(14-18)16-9-10-16/h1-3,5-6,16-19,21H,4,7-14H2,(H,22,23). The number of nitrogens with one attached hydrogen (secondary N) is 1. The van der Waals surface area contributed by atoms with Gasteiger partial charge in [-0.2, -0.15) is 0 Å². The van der Waals surface area contributed by atoms with E-state index in [4.69, 9.17) is 5.11 Å². The molecule has 2 aliphatic carbocycles. The van der Waals surface area contributed by atoms with Gasteiger partial charge in [-0.05, 0) is 55.9 Å². The van der Waals surface area contributed by atoms with Crippen LogP contribution >= 0.6 is 0 Å². The summed E-state index contributed by atoms with van der Waals surface area (Å²) in [5.41, 5.74) is 1.30. The lowest BCUT2D eigenvalue weighted by atomic mass is 9.82. The summed E-state index contributed by atoms with van der Waals surface area (Å²) in [4.78, 5) is 11.0. The SMILES string of the molecule is O=C(O)CCC(Cc1ccccc1)NC1CCCC(C2CC2)C1. The molecule has 3 unspecified atom stereocenters. The summed E-state index contributed by atoms with van der Waals surface area (Å²) in [6.07, 6.45) is 10.0. The van der Waals surface area contributed by atoms with Crippen LogP contribution in [0.2, 0.25) is 0 Å². The molecule has 0 spiro atoms. The molecular formula is C20H29NO2. The third-order valence-corrected chi connectivity index (χ3v) is 5.51. The van der Waals surface area contributed by atoms with Crippen molar-refractivity contribution in [2.45, 2.75) is 69.9 Å². The van der Waals surface area contributed by atoms with E-state index in [0.29, 0.717) is 6.04 Å². The third kappa shape index (κ3) is 5.35. The summed E-state index contributed by atoms with van der Waals surface area (Å²) < 4.78 is 0. The van der Waals surface area contributed by atoms with Crippen molar-refractivity contribution in [3.8, 4) is 0 Å². The summed E-state index contributed by atoms with van der Waals surface area (Å²) in [6.45, 7) is 0. The Hall–Kier alpha value is -1.35. The third-order valence-electron chi connectivity index (χ3n) is 5.51. The first kappa shape index (κ1) is 16.5. The Morgan fingerprint density at radius 2 is 1.91 bits per heavy atom. The smallest absolute Gasteiger partial charge is 0.303 e.